The van der Waals surface area contributed by atoms with Gasteiger partial charge in [-0.15, -0.1) is 0 Å². The molecule has 7 nitrogen and oxygen atoms in total. The summed E-state index contributed by atoms with van der Waals surface area (Å²) in [6, 6.07) is 18.3. The van der Waals surface area contributed by atoms with Crippen LogP contribution >= 0.6 is 12.6 Å². The number of carbonyl (C=O) groups excluding carboxylic acids is 4. The minimum absolute atomic E-state index is 0.0452. The number of Topliss-reactive ketones (excluding diaryl/α,β-unsaturated/α-hetero) is 1. The molecule has 1 aliphatic rings. The van der Waals surface area contributed by atoms with E-state index in [1.54, 1.807) is 24.3 Å². The fourth-order valence-corrected chi connectivity index (χ4v) is 5.66. The molecule has 2 aromatic carbocycles. The highest BCUT2D eigenvalue weighted by atomic mass is 32.1. The van der Waals surface area contributed by atoms with Gasteiger partial charge < -0.3 is 15.0 Å². The van der Waals surface area contributed by atoms with Crippen LogP contribution in [0.25, 0.3) is 0 Å². The summed E-state index contributed by atoms with van der Waals surface area (Å²) in [5.41, 5.74) is 1.22. The number of nitrogens with zero attached hydrogens (tertiary/aromatic N) is 1. The van der Waals surface area contributed by atoms with Gasteiger partial charge in [-0.05, 0) is 74.8 Å². The van der Waals surface area contributed by atoms with E-state index in [-0.39, 0.29) is 18.7 Å². The Hall–Kier alpha value is -3.13. The molecule has 2 aromatic rings. The Morgan fingerprint density at radius 2 is 1.55 bits per heavy atom. The van der Waals surface area contributed by atoms with Crippen molar-refractivity contribution < 1.29 is 23.9 Å². The van der Waals surface area contributed by atoms with Crippen LogP contribution in [0.4, 0.5) is 0 Å². The average molecular weight is 595 g/mol. The lowest BCUT2D eigenvalue weighted by Crippen LogP contribution is -2.54. The molecule has 1 unspecified atom stereocenters. The van der Waals surface area contributed by atoms with E-state index in [0.717, 1.165) is 63.5 Å². The zero-order valence-electron chi connectivity index (χ0n) is 24.7. The number of para-hydroxylation sites is 1. The van der Waals surface area contributed by atoms with E-state index in [1.165, 1.54) is 10.5 Å². The maximum absolute atomic E-state index is 13.6. The summed E-state index contributed by atoms with van der Waals surface area (Å²) in [7, 11) is 0. The molecule has 42 heavy (non-hydrogen) atoms. The number of unbranched alkanes of at least 4 members (excludes halogenated alkanes) is 4. The van der Waals surface area contributed by atoms with Crippen LogP contribution in [0, 0.1) is 5.92 Å². The first-order valence-electron chi connectivity index (χ1n) is 15.5. The Morgan fingerprint density at radius 1 is 0.857 bits per heavy atom. The summed E-state index contributed by atoms with van der Waals surface area (Å²) in [4.78, 5) is 54.3. The van der Waals surface area contributed by atoms with Crippen molar-refractivity contribution in [3.8, 4) is 5.75 Å². The fraction of sp³-hybridized carbons (Fsp3) is 0.529. The number of ether oxygens (including phenoxy) is 1. The first kappa shape index (κ1) is 33.4. The quantitative estimate of drug-likeness (QED) is 0.0731. The lowest BCUT2D eigenvalue weighted by Gasteiger charge is -2.35. The summed E-state index contributed by atoms with van der Waals surface area (Å²) in [6.07, 6.45) is 9.56. The molecular formula is C34H46N2O5S. The summed E-state index contributed by atoms with van der Waals surface area (Å²) < 4.78 is 5.41. The molecule has 8 heteroatoms. The minimum Gasteiger partial charge on any atom is -0.427 e. The highest BCUT2D eigenvalue weighted by Crippen LogP contribution is 2.23. The predicted octanol–water partition coefficient (Wildman–Crippen LogP) is 5.96. The van der Waals surface area contributed by atoms with Gasteiger partial charge in [0, 0.05) is 25.4 Å². The van der Waals surface area contributed by atoms with Gasteiger partial charge in [0.1, 0.15) is 11.8 Å². The Morgan fingerprint density at radius 3 is 2.29 bits per heavy atom. The molecule has 0 radical (unpaired) electrons. The molecule has 0 aliphatic carbocycles. The number of hydrogen-bond acceptors (Lipinski definition) is 6. The van der Waals surface area contributed by atoms with E-state index < -0.39 is 29.6 Å². The Kier molecular flexibility index (Phi) is 15.2. The van der Waals surface area contributed by atoms with Crippen molar-refractivity contribution >= 4 is 36.2 Å². The van der Waals surface area contributed by atoms with Crippen LogP contribution in [-0.4, -0.2) is 53.4 Å². The van der Waals surface area contributed by atoms with Gasteiger partial charge in [0.15, 0.2) is 0 Å². The fourth-order valence-electron chi connectivity index (χ4n) is 5.43. The molecule has 2 amide bonds. The Balaban J connectivity index is 1.57. The normalized spacial score (nSPS) is 15.5. The number of thiol groups is 1. The van der Waals surface area contributed by atoms with Crippen LogP contribution in [0.1, 0.15) is 82.6 Å². The molecule has 0 spiro atoms. The first-order valence-corrected chi connectivity index (χ1v) is 16.2. The Bertz CT molecular complexity index is 1110. The van der Waals surface area contributed by atoms with E-state index in [4.69, 9.17) is 4.74 Å². The van der Waals surface area contributed by atoms with Crippen LogP contribution in [0.2, 0.25) is 0 Å². The maximum Gasteiger partial charge on any atom is 0.311 e. The standard InChI is InChI=1S/C34H46N2O5S/c37-31(41-29-19-9-5-10-20-29)23-22-28(18-8-2-1-3-13-26-42)32(38)34(40)36-25-12-11-21-30(36)33(39)35-24-14-17-27-15-6-4-7-16-27/h4-7,9-10,15-16,19-20,28,30,42H,1-3,8,11-14,17-18,21-26H2,(H,35,39)/t28-,30?/m0/s1. The SMILES string of the molecule is O=C(CC[C@H](CCCCCCCS)C(=O)C(=O)N1CCCCC1C(=O)NCCCc1ccccc1)Oc1ccccc1. The lowest BCUT2D eigenvalue weighted by molar-refractivity contribution is -0.152. The highest BCUT2D eigenvalue weighted by Gasteiger charge is 2.37. The summed E-state index contributed by atoms with van der Waals surface area (Å²) in [5.74, 6) is -0.991. The second-order valence-corrected chi connectivity index (χ2v) is 11.5. The van der Waals surface area contributed by atoms with Crippen LogP contribution in [0.15, 0.2) is 60.7 Å². The lowest BCUT2D eigenvalue weighted by atomic mass is 9.90. The van der Waals surface area contributed by atoms with E-state index >= 15 is 0 Å². The molecule has 0 saturated carbocycles. The summed E-state index contributed by atoms with van der Waals surface area (Å²) >= 11 is 4.26. The molecular weight excluding hydrogens is 548 g/mol. The molecule has 1 fully saturated rings. The van der Waals surface area contributed by atoms with Crippen molar-refractivity contribution in [1.82, 2.24) is 10.2 Å². The third-order valence-electron chi connectivity index (χ3n) is 7.81. The Labute approximate surface area is 256 Å². The van der Waals surface area contributed by atoms with Crippen molar-refractivity contribution in [2.24, 2.45) is 5.92 Å². The topological polar surface area (TPSA) is 92.8 Å². The summed E-state index contributed by atoms with van der Waals surface area (Å²) in [5, 5.41) is 2.99. The number of nitrogens with one attached hydrogen (secondary N) is 1. The number of carbonyl (C=O) groups is 4. The van der Waals surface area contributed by atoms with Gasteiger partial charge in [0.2, 0.25) is 11.7 Å². The molecule has 0 bridgehead atoms. The number of amides is 2. The molecule has 3 rings (SSSR count). The number of likely N-dealkylation sites (tertiary alicyclic amines) is 1. The van der Waals surface area contributed by atoms with Crippen molar-refractivity contribution in [3.63, 3.8) is 0 Å². The van der Waals surface area contributed by atoms with Gasteiger partial charge in [-0.25, -0.2) is 0 Å². The minimum atomic E-state index is -0.642. The van der Waals surface area contributed by atoms with Crippen LogP contribution in [-0.2, 0) is 25.6 Å². The van der Waals surface area contributed by atoms with Crippen LogP contribution < -0.4 is 10.1 Å². The number of rotatable bonds is 18. The molecule has 1 aliphatic heterocycles. The van der Waals surface area contributed by atoms with E-state index in [9.17, 15) is 19.2 Å². The van der Waals surface area contributed by atoms with Gasteiger partial charge in [0.25, 0.3) is 5.91 Å². The number of ketones is 1. The van der Waals surface area contributed by atoms with Gasteiger partial charge >= 0.3 is 5.97 Å². The number of benzene rings is 2. The average Bonchev–Trinajstić information content (AvgIpc) is 3.02. The van der Waals surface area contributed by atoms with Gasteiger partial charge in [0.05, 0.1) is 0 Å². The highest BCUT2D eigenvalue weighted by molar-refractivity contribution is 7.80. The zero-order chi connectivity index (χ0) is 30.0. The second-order valence-electron chi connectivity index (χ2n) is 11.1. The zero-order valence-corrected chi connectivity index (χ0v) is 25.6. The van der Waals surface area contributed by atoms with Crippen molar-refractivity contribution in [1.29, 1.82) is 0 Å². The second kappa shape index (κ2) is 19.1. The van der Waals surface area contributed by atoms with E-state index in [2.05, 4.69) is 30.1 Å². The van der Waals surface area contributed by atoms with Crippen molar-refractivity contribution in [2.75, 3.05) is 18.8 Å². The number of piperidine rings is 1. The smallest absolute Gasteiger partial charge is 0.311 e. The summed E-state index contributed by atoms with van der Waals surface area (Å²) in [6.45, 7) is 0.902. The predicted molar refractivity (Wildman–Crippen MR) is 168 cm³/mol. The van der Waals surface area contributed by atoms with Crippen LogP contribution in [0.5, 0.6) is 5.75 Å². The molecule has 1 saturated heterocycles. The molecule has 228 valence electrons. The molecule has 0 aromatic heterocycles. The third-order valence-corrected chi connectivity index (χ3v) is 8.13. The number of hydrogen-bond donors (Lipinski definition) is 2. The van der Waals surface area contributed by atoms with E-state index in [1.807, 2.05) is 24.3 Å². The first-order chi connectivity index (χ1) is 20.5. The third kappa shape index (κ3) is 11.6. The number of aryl methyl sites for hydroxylation is 1. The van der Waals surface area contributed by atoms with Crippen LogP contribution in [0.3, 0.4) is 0 Å². The molecule has 1 N–H and O–H groups in total. The largest absolute Gasteiger partial charge is 0.427 e. The number of esters is 1. The van der Waals surface area contributed by atoms with E-state index in [0.29, 0.717) is 31.7 Å². The van der Waals surface area contributed by atoms with Gasteiger partial charge in [-0.1, -0.05) is 74.2 Å². The van der Waals surface area contributed by atoms with Gasteiger partial charge in [-0.2, -0.15) is 12.6 Å². The van der Waals surface area contributed by atoms with Crippen molar-refractivity contribution in [3.05, 3.63) is 66.2 Å². The van der Waals surface area contributed by atoms with Gasteiger partial charge in [-0.3, -0.25) is 19.2 Å². The molecule has 2 atom stereocenters. The molecule has 1 heterocycles. The van der Waals surface area contributed by atoms with Crippen molar-refractivity contribution in [2.45, 2.75) is 89.5 Å². The monoisotopic (exact) mass is 594 g/mol. The maximum atomic E-state index is 13.6.